The maximum atomic E-state index is 11.1. The number of hydrogen-bond acceptors (Lipinski definition) is 4. The van der Waals surface area contributed by atoms with Gasteiger partial charge in [0.25, 0.3) is 0 Å². The number of aliphatic carboxylic acids is 1. The number of aliphatic hydroxyl groups is 1. The van der Waals surface area contributed by atoms with Crippen LogP contribution in [0.25, 0.3) is 0 Å². The molecule has 17 heavy (non-hydrogen) atoms. The Morgan fingerprint density at radius 1 is 1.35 bits per heavy atom. The molecule has 0 aliphatic heterocycles. The zero-order valence-corrected chi connectivity index (χ0v) is 11.3. The molecule has 0 aliphatic rings. The smallest absolute Gasteiger partial charge is 0.310 e. The Bertz CT molecular complexity index is 229. The fourth-order valence-corrected chi connectivity index (χ4v) is 1.44. The molecule has 0 fully saturated rings. The Hall–Kier alpha value is -0.650. The van der Waals surface area contributed by atoms with E-state index in [1.165, 1.54) is 0 Å². The molecule has 0 unspecified atom stereocenters. The minimum Gasteiger partial charge on any atom is -0.481 e. The lowest BCUT2D eigenvalue weighted by Crippen LogP contribution is -2.44. The maximum absolute atomic E-state index is 11.1. The SMILES string of the molecule is CC(C)N(CCOCCO)CC(C)(C)C(=O)O. The molecule has 0 bridgehead atoms. The number of carboxylic acid groups (broad SMARTS) is 1. The largest absolute Gasteiger partial charge is 0.481 e. The molecule has 5 nitrogen and oxygen atoms in total. The first-order valence-electron chi connectivity index (χ1n) is 5.97. The first kappa shape index (κ1) is 16.4. The summed E-state index contributed by atoms with van der Waals surface area (Å²) in [5, 5.41) is 17.7. The van der Waals surface area contributed by atoms with Gasteiger partial charge in [0.05, 0.1) is 25.2 Å². The van der Waals surface area contributed by atoms with Crippen LogP contribution in [0.15, 0.2) is 0 Å². The van der Waals surface area contributed by atoms with Crippen molar-refractivity contribution in [1.82, 2.24) is 4.90 Å². The van der Waals surface area contributed by atoms with Crippen LogP contribution in [0.5, 0.6) is 0 Å². The molecule has 0 atom stereocenters. The summed E-state index contributed by atoms with van der Waals surface area (Å²) in [5.74, 6) is -0.792. The average molecular weight is 247 g/mol. The highest BCUT2D eigenvalue weighted by atomic mass is 16.5. The minimum absolute atomic E-state index is 0.0162. The van der Waals surface area contributed by atoms with E-state index >= 15 is 0 Å². The van der Waals surface area contributed by atoms with Crippen molar-refractivity contribution < 1.29 is 19.7 Å². The summed E-state index contributed by atoms with van der Waals surface area (Å²) in [6.07, 6.45) is 0. The fraction of sp³-hybridized carbons (Fsp3) is 0.917. The standard InChI is InChI=1S/C12H25NO4/c1-10(2)13(5-7-17-8-6-14)9-12(3,4)11(15)16/h10,14H,5-9H2,1-4H3,(H,15,16). The van der Waals surface area contributed by atoms with Crippen LogP contribution >= 0.6 is 0 Å². The summed E-state index contributed by atoms with van der Waals surface area (Å²) in [4.78, 5) is 13.1. The molecule has 2 N–H and O–H groups in total. The number of aliphatic hydroxyl groups excluding tert-OH is 1. The van der Waals surface area contributed by atoms with Crippen molar-refractivity contribution in [3.63, 3.8) is 0 Å². The van der Waals surface area contributed by atoms with Gasteiger partial charge in [-0.3, -0.25) is 9.69 Å². The molecule has 5 heteroatoms. The van der Waals surface area contributed by atoms with E-state index in [1.54, 1.807) is 13.8 Å². The summed E-state index contributed by atoms with van der Waals surface area (Å²) in [6.45, 7) is 9.52. The number of ether oxygens (including phenoxy) is 1. The summed E-state index contributed by atoms with van der Waals surface area (Å²) in [5.41, 5.74) is -0.763. The van der Waals surface area contributed by atoms with Crippen LogP contribution in [-0.4, -0.2) is 60.0 Å². The Balaban J connectivity index is 4.20. The number of carboxylic acids is 1. The summed E-state index contributed by atoms with van der Waals surface area (Å²) in [6, 6.07) is 0.270. The van der Waals surface area contributed by atoms with E-state index in [0.717, 1.165) is 0 Å². The van der Waals surface area contributed by atoms with E-state index in [4.69, 9.17) is 14.9 Å². The van der Waals surface area contributed by atoms with Gasteiger partial charge >= 0.3 is 5.97 Å². The highest BCUT2D eigenvalue weighted by Gasteiger charge is 2.30. The van der Waals surface area contributed by atoms with Crippen LogP contribution in [0.1, 0.15) is 27.7 Å². The first-order valence-corrected chi connectivity index (χ1v) is 5.97. The molecule has 0 saturated heterocycles. The van der Waals surface area contributed by atoms with Gasteiger partial charge in [0, 0.05) is 19.1 Å². The van der Waals surface area contributed by atoms with Crippen LogP contribution < -0.4 is 0 Å². The number of nitrogens with zero attached hydrogens (tertiary/aromatic N) is 1. The lowest BCUT2D eigenvalue weighted by Gasteiger charge is -2.32. The zero-order chi connectivity index (χ0) is 13.5. The van der Waals surface area contributed by atoms with Gasteiger partial charge in [-0.25, -0.2) is 0 Å². The second-order valence-corrected chi connectivity index (χ2v) is 5.09. The molecule has 0 amide bonds. The van der Waals surface area contributed by atoms with Crippen molar-refractivity contribution in [2.45, 2.75) is 33.7 Å². The molecule has 0 radical (unpaired) electrons. The van der Waals surface area contributed by atoms with E-state index in [2.05, 4.69) is 4.90 Å². The second-order valence-electron chi connectivity index (χ2n) is 5.09. The normalized spacial score (nSPS) is 12.4. The first-order chi connectivity index (χ1) is 7.81. The van der Waals surface area contributed by atoms with Gasteiger partial charge in [-0.05, 0) is 27.7 Å². The molecule has 0 heterocycles. The van der Waals surface area contributed by atoms with Gasteiger partial charge in [-0.2, -0.15) is 0 Å². The van der Waals surface area contributed by atoms with Crippen LogP contribution in [0, 0.1) is 5.41 Å². The molecule has 0 rings (SSSR count). The lowest BCUT2D eigenvalue weighted by atomic mass is 9.92. The Labute approximate surface area is 103 Å². The Morgan fingerprint density at radius 2 is 1.94 bits per heavy atom. The molecule has 0 aromatic rings. The minimum atomic E-state index is -0.792. The van der Waals surface area contributed by atoms with E-state index in [9.17, 15) is 4.79 Å². The number of carbonyl (C=O) groups is 1. The Kier molecular flexibility index (Phi) is 7.34. The molecule has 0 aromatic carbocycles. The van der Waals surface area contributed by atoms with E-state index in [1.807, 2.05) is 13.8 Å². The third-order valence-corrected chi connectivity index (χ3v) is 2.67. The van der Waals surface area contributed by atoms with E-state index in [-0.39, 0.29) is 12.6 Å². The zero-order valence-electron chi connectivity index (χ0n) is 11.3. The summed E-state index contributed by atoms with van der Waals surface area (Å²) >= 11 is 0. The molecular formula is C12H25NO4. The molecule has 0 aromatic heterocycles. The second kappa shape index (κ2) is 7.63. The fourth-order valence-electron chi connectivity index (χ4n) is 1.44. The van der Waals surface area contributed by atoms with Crippen molar-refractivity contribution in [3.8, 4) is 0 Å². The highest BCUT2D eigenvalue weighted by Crippen LogP contribution is 2.18. The van der Waals surface area contributed by atoms with Crippen LogP contribution in [0.4, 0.5) is 0 Å². The van der Waals surface area contributed by atoms with Crippen LogP contribution in [0.2, 0.25) is 0 Å². The van der Waals surface area contributed by atoms with Gasteiger partial charge in [-0.15, -0.1) is 0 Å². The van der Waals surface area contributed by atoms with Crippen molar-refractivity contribution in [3.05, 3.63) is 0 Å². The van der Waals surface area contributed by atoms with Gasteiger partial charge in [0.2, 0.25) is 0 Å². The van der Waals surface area contributed by atoms with Crippen molar-refractivity contribution >= 4 is 5.97 Å². The van der Waals surface area contributed by atoms with E-state index < -0.39 is 11.4 Å². The van der Waals surface area contributed by atoms with Gasteiger partial charge in [-0.1, -0.05) is 0 Å². The number of hydrogen-bond donors (Lipinski definition) is 2. The molecule has 0 spiro atoms. The molecule has 102 valence electrons. The maximum Gasteiger partial charge on any atom is 0.310 e. The predicted octanol–water partition coefficient (Wildman–Crippen LogP) is 0.816. The highest BCUT2D eigenvalue weighted by molar-refractivity contribution is 5.73. The number of rotatable bonds is 9. The van der Waals surface area contributed by atoms with Crippen molar-refractivity contribution in [2.75, 3.05) is 32.9 Å². The topological polar surface area (TPSA) is 70.0 Å². The lowest BCUT2D eigenvalue weighted by molar-refractivity contribution is -0.148. The van der Waals surface area contributed by atoms with Gasteiger partial charge in [0.1, 0.15) is 0 Å². The predicted molar refractivity (Wildman–Crippen MR) is 66.0 cm³/mol. The monoisotopic (exact) mass is 247 g/mol. The molecular weight excluding hydrogens is 222 g/mol. The summed E-state index contributed by atoms with van der Waals surface area (Å²) in [7, 11) is 0. The molecule has 0 saturated carbocycles. The van der Waals surface area contributed by atoms with Gasteiger partial charge < -0.3 is 14.9 Å². The van der Waals surface area contributed by atoms with Crippen molar-refractivity contribution in [2.24, 2.45) is 5.41 Å². The van der Waals surface area contributed by atoms with E-state index in [0.29, 0.717) is 26.3 Å². The van der Waals surface area contributed by atoms with Crippen molar-refractivity contribution in [1.29, 1.82) is 0 Å². The van der Waals surface area contributed by atoms with Crippen LogP contribution in [0.3, 0.4) is 0 Å². The quantitative estimate of drug-likeness (QED) is 0.590. The average Bonchev–Trinajstić information content (AvgIpc) is 2.22. The third-order valence-electron chi connectivity index (χ3n) is 2.67. The summed E-state index contributed by atoms with van der Waals surface area (Å²) < 4.78 is 5.20. The van der Waals surface area contributed by atoms with Crippen LogP contribution in [-0.2, 0) is 9.53 Å². The Morgan fingerprint density at radius 3 is 2.35 bits per heavy atom. The molecule has 0 aliphatic carbocycles. The van der Waals surface area contributed by atoms with Gasteiger partial charge in [0.15, 0.2) is 0 Å². The third kappa shape index (κ3) is 6.61.